The van der Waals surface area contributed by atoms with Gasteiger partial charge in [-0.1, -0.05) is 6.58 Å². The van der Waals surface area contributed by atoms with Crippen LogP contribution in [0.5, 0.6) is 0 Å². The van der Waals surface area contributed by atoms with Crippen LogP contribution in [0, 0.1) is 5.92 Å². The van der Waals surface area contributed by atoms with Crippen LogP contribution in [0.2, 0.25) is 0 Å². The summed E-state index contributed by atoms with van der Waals surface area (Å²) >= 11 is 0. The Labute approximate surface area is 170 Å². The lowest BCUT2D eigenvalue weighted by Crippen LogP contribution is -2.39. The maximum absolute atomic E-state index is 13.2. The van der Waals surface area contributed by atoms with Gasteiger partial charge in [0.15, 0.2) is 0 Å². The SMILES string of the molecule is C=CC(=O)NC1CC(CO)N(S(=O)(=O)c2ccc3c(c2)CCN3C(=O)C2CC2)C1. The topological polar surface area (TPSA) is 107 Å². The van der Waals surface area contributed by atoms with Crippen molar-refractivity contribution in [3.8, 4) is 0 Å². The summed E-state index contributed by atoms with van der Waals surface area (Å²) in [5.41, 5.74) is 1.63. The number of aliphatic hydroxyl groups is 1. The number of hydrogen-bond acceptors (Lipinski definition) is 5. The number of nitrogens with zero attached hydrogens (tertiary/aromatic N) is 2. The monoisotopic (exact) mass is 419 g/mol. The maximum atomic E-state index is 13.2. The average molecular weight is 420 g/mol. The van der Waals surface area contributed by atoms with Gasteiger partial charge >= 0.3 is 0 Å². The highest BCUT2D eigenvalue weighted by molar-refractivity contribution is 7.89. The number of hydrogen-bond donors (Lipinski definition) is 2. The molecular formula is C20H25N3O5S. The molecule has 2 heterocycles. The molecule has 2 atom stereocenters. The van der Waals surface area contributed by atoms with E-state index in [9.17, 15) is 23.1 Å². The molecule has 1 saturated carbocycles. The second-order valence-electron chi connectivity index (χ2n) is 7.86. The van der Waals surface area contributed by atoms with Crippen LogP contribution < -0.4 is 10.2 Å². The first kappa shape index (κ1) is 20.1. The molecule has 156 valence electrons. The summed E-state index contributed by atoms with van der Waals surface area (Å²) < 4.78 is 27.7. The van der Waals surface area contributed by atoms with Gasteiger partial charge in [0, 0.05) is 30.7 Å². The number of carbonyl (C=O) groups excluding carboxylic acids is 2. The molecule has 0 radical (unpaired) electrons. The van der Waals surface area contributed by atoms with Crippen molar-refractivity contribution in [2.45, 2.75) is 42.7 Å². The fourth-order valence-electron chi connectivity index (χ4n) is 4.17. The molecule has 1 aromatic carbocycles. The zero-order chi connectivity index (χ0) is 20.8. The van der Waals surface area contributed by atoms with Crippen LogP contribution in [-0.2, 0) is 26.0 Å². The van der Waals surface area contributed by atoms with E-state index in [-0.39, 0.29) is 41.8 Å². The summed E-state index contributed by atoms with van der Waals surface area (Å²) in [4.78, 5) is 25.9. The first-order chi connectivity index (χ1) is 13.8. The number of carbonyl (C=O) groups is 2. The third-order valence-electron chi connectivity index (χ3n) is 5.85. The number of aliphatic hydroxyl groups excluding tert-OH is 1. The maximum Gasteiger partial charge on any atom is 0.243 e. The van der Waals surface area contributed by atoms with Gasteiger partial charge in [-0.15, -0.1) is 0 Å². The molecule has 2 aliphatic heterocycles. The van der Waals surface area contributed by atoms with Gasteiger partial charge in [0.2, 0.25) is 21.8 Å². The Morgan fingerprint density at radius 2 is 2.07 bits per heavy atom. The lowest BCUT2D eigenvalue weighted by atomic mass is 10.2. The smallest absolute Gasteiger partial charge is 0.243 e. The van der Waals surface area contributed by atoms with Crippen molar-refractivity contribution in [3.63, 3.8) is 0 Å². The van der Waals surface area contributed by atoms with Gasteiger partial charge < -0.3 is 15.3 Å². The predicted molar refractivity (Wildman–Crippen MR) is 107 cm³/mol. The minimum Gasteiger partial charge on any atom is -0.395 e. The van der Waals surface area contributed by atoms with E-state index in [2.05, 4.69) is 11.9 Å². The van der Waals surface area contributed by atoms with Crippen LogP contribution in [0.25, 0.3) is 0 Å². The van der Waals surface area contributed by atoms with Gasteiger partial charge in [-0.3, -0.25) is 9.59 Å². The first-order valence-corrected chi connectivity index (χ1v) is 11.3. The molecule has 0 bridgehead atoms. The van der Waals surface area contributed by atoms with E-state index in [0.717, 1.165) is 30.2 Å². The number of amides is 2. The lowest BCUT2D eigenvalue weighted by Gasteiger charge is -2.23. The Balaban J connectivity index is 1.56. The zero-order valence-electron chi connectivity index (χ0n) is 16.1. The van der Waals surface area contributed by atoms with Gasteiger partial charge in [0.05, 0.1) is 17.5 Å². The van der Waals surface area contributed by atoms with Crippen molar-refractivity contribution in [2.75, 3.05) is 24.6 Å². The fraction of sp³-hybridized carbons (Fsp3) is 0.500. The van der Waals surface area contributed by atoms with Gasteiger partial charge in [-0.05, 0) is 55.5 Å². The summed E-state index contributed by atoms with van der Waals surface area (Å²) in [6.07, 6.45) is 3.96. The first-order valence-electron chi connectivity index (χ1n) is 9.85. The highest BCUT2D eigenvalue weighted by atomic mass is 32.2. The molecule has 29 heavy (non-hydrogen) atoms. The largest absolute Gasteiger partial charge is 0.395 e. The number of anilines is 1. The van der Waals surface area contributed by atoms with Crippen LogP contribution in [0.1, 0.15) is 24.8 Å². The molecule has 2 N–H and O–H groups in total. The van der Waals surface area contributed by atoms with Crippen LogP contribution in [-0.4, -0.2) is 61.4 Å². The molecule has 1 saturated heterocycles. The zero-order valence-corrected chi connectivity index (χ0v) is 16.9. The Morgan fingerprint density at radius 3 is 2.72 bits per heavy atom. The Morgan fingerprint density at radius 1 is 1.31 bits per heavy atom. The van der Waals surface area contributed by atoms with Crippen LogP contribution in [0.3, 0.4) is 0 Å². The van der Waals surface area contributed by atoms with E-state index in [1.54, 1.807) is 17.0 Å². The fourth-order valence-corrected chi connectivity index (χ4v) is 5.89. The summed E-state index contributed by atoms with van der Waals surface area (Å²) in [5.74, 6) is -0.133. The molecule has 2 unspecified atom stereocenters. The van der Waals surface area contributed by atoms with Gasteiger partial charge in [-0.25, -0.2) is 8.42 Å². The van der Waals surface area contributed by atoms with E-state index in [0.29, 0.717) is 19.4 Å². The molecule has 2 amide bonds. The Kier molecular flexibility index (Phi) is 5.22. The minimum absolute atomic E-state index is 0.0938. The van der Waals surface area contributed by atoms with Crippen LogP contribution in [0.15, 0.2) is 35.7 Å². The quantitative estimate of drug-likeness (QED) is 0.650. The molecule has 0 aromatic heterocycles. The second-order valence-corrected chi connectivity index (χ2v) is 9.75. The second kappa shape index (κ2) is 7.55. The van der Waals surface area contributed by atoms with E-state index >= 15 is 0 Å². The molecule has 1 aliphatic carbocycles. The van der Waals surface area contributed by atoms with Crippen molar-refractivity contribution in [1.29, 1.82) is 0 Å². The Bertz CT molecular complexity index is 957. The van der Waals surface area contributed by atoms with Crippen molar-refractivity contribution in [3.05, 3.63) is 36.4 Å². The number of rotatable bonds is 6. The van der Waals surface area contributed by atoms with Crippen molar-refractivity contribution >= 4 is 27.5 Å². The van der Waals surface area contributed by atoms with E-state index in [1.807, 2.05) is 0 Å². The van der Waals surface area contributed by atoms with Crippen LogP contribution >= 0.6 is 0 Å². The number of nitrogens with one attached hydrogen (secondary N) is 1. The van der Waals surface area contributed by atoms with Crippen molar-refractivity contribution < 1.29 is 23.1 Å². The third kappa shape index (κ3) is 3.70. The van der Waals surface area contributed by atoms with Crippen molar-refractivity contribution in [2.24, 2.45) is 5.92 Å². The van der Waals surface area contributed by atoms with Gasteiger partial charge in [-0.2, -0.15) is 4.31 Å². The van der Waals surface area contributed by atoms with Crippen molar-refractivity contribution in [1.82, 2.24) is 9.62 Å². The summed E-state index contributed by atoms with van der Waals surface area (Å²) in [6.45, 7) is 3.75. The van der Waals surface area contributed by atoms with Gasteiger partial charge in [0.1, 0.15) is 0 Å². The van der Waals surface area contributed by atoms with E-state index in [1.165, 1.54) is 10.4 Å². The standard InChI is InChI=1S/C20H25N3O5S/c1-2-19(25)21-15-10-16(12-24)23(11-15)29(27,28)17-5-6-18-14(9-17)7-8-22(18)20(26)13-3-4-13/h2,5-6,9,13,15-16,24H,1,3-4,7-8,10-12H2,(H,21,25). The van der Waals surface area contributed by atoms with Crippen LogP contribution in [0.4, 0.5) is 5.69 Å². The summed E-state index contributed by atoms with van der Waals surface area (Å²) in [5, 5.41) is 12.4. The summed E-state index contributed by atoms with van der Waals surface area (Å²) in [6, 6.07) is 3.88. The number of benzene rings is 1. The normalized spacial score (nSPS) is 24.4. The Hall–Kier alpha value is -2.23. The van der Waals surface area contributed by atoms with E-state index in [4.69, 9.17) is 0 Å². The molecular weight excluding hydrogens is 394 g/mol. The van der Waals surface area contributed by atoms with Gasteiger partial charge in [0.25, 0.3) is 0 Å². The average Bonchev–Trinajstić information content (AvgIpc) is 3.35. The minimum atomic E-state index is -3.85. The molecule has 8 nitrogen and oxygen atoms in total. The highest BCUT2D eigenvalue weighted by Crippen LogP contribution is 2.38. The van der Waals surface area contributed by atoms with E-state index < -0.39 is 16.1 Å². The lowest BCUT2D eigenvalue weighted by molar-refractivity contribution is -0.119. The molecule has 0 spiro atoms. The number of sulfonamides is 1. The molecule has 4 rings (SSSR count). The molecule has 3 aliphatic rings. The molecule has 9 heteroatoms. The third-order valence-corrected chi connectivity index (χ3v) is 7.77. The molecule has 1 aromatic rings. The molecule has 2 fully saturated rings. The summed E-state index contributed by atoms with van der Waals surface area (Å²) in [7, 11) is -3.85. The predicted octanol–water partition coefficient (Wildman–Crippen LogP) is 0.412. The highest BCUT2D eigenvalue weighted by Gasteiger charge is 2.41. The number of fused-ring (bicyclic) bond motifs is 1.